The first-order chi connectivity index (χ1) is 13.0. The Labute approximate surface area is 157 Å². The van der Waals surface area contributed by atoms with Crippen LogP contribution in [0.2, 0.25) is 0 Å². The van der Waals surface area contributed by atoms with E-state index in [-0.39, 0.29) is 17.9 Å². The van der Waals surface area contributed by atoms with Crippen LogP contribution in [0.1, 0.15) is 17.5 Å². The predicted molar refractivity (Wildman–Crippen MR) is 106 cm³/mol. The number of hydrogen-bond acceptors (Lipinski definition) is 4. The summed E-state index contributed by atoms with van der Waals surface area (Å²) in [6.07, 6.45) is 0.563. The molecular formula is C21H22N2O4. The van der Waals surface area contributed by atoms with Crippen molar-refractivity contribution in [2.24, 2.45) is 0 Å². The van der Waals surface area contributed by atoms with Crippen LogP contribution in [0.5, 0.6) is 11.5 Å². The van der Waals surface area contributed by atoms with Crippen molar-refractivity contribution in [1.82, 2.24) is 4.98 Å². The maximum Gasteiger partial charge on any atom is 0.251 e. The molecule has 0 aliphatic heterocycles. The molecule has 3 aromatic rings. The highest BCUT2D eigenvalue weighted by Crippen LogP contribution is 2.29. The summed E-state index contributed by atoms with van der Waals surface area (Å²) in [5.74, 6) is 0.955. The van der Waals surface area contributed by atoms with Gasteiger partial charge in [-0.25, -0.2) is 0 Å². The zero-order valence-corrected chi connectivity index (χ0v) is 15.6. The zero-order chi connectivity index (χ0) is 19.4. The molecule has 0 bridgehead atoms. The van der Waals surface area contributed by atoms with Crippen molar-refractivity contribution in [1.29, 1.82) is 0 Å². The lowest BCUT2D eigenvalue weighted by atomic mass is 10.1. The average Bonchev–Trinajstić information content (AvgIpc) is 2.66. The van der Waals surface area contributed by atoms with Crippen LogP contribution in [0.4, 0.5) is 5.69 Å². The van der Waals surface area contributed by atoms with Crippen LogP contribution in [0, 0.1) is 6.92 Å². The molecule has 6 nitrogen and oxygen atoms in total. The lowest BCUT2D eigenvalue weighted by Gasteiger charge is -2.10. The number of H-pyrrole nitrogens is 1. The minimum absolute atomic E-state index is 0.162. The summed E-state index contributed by atoms with van der Waals surface area (Å²) in [4.78, 5) is 27.4. The van der Waals surface area contributed by atoms with E-state index in [0.29, 0.717) is 29.2 Å². The third-order valence-electron chi connectivity index (χ3n) is 4.37. The van der Waals surface area contributed by atoms with Gasteiger partial charge in [-0.2, -0.15) is 0 Å². The van der Waals surface area contributed by atoms with Crippen LogP contribution >= 0.6 is 0 Å². The summed E-state index contributed by atoms with van der Waals surface area (Å²) >= 11 is 0. The number of pyridine rings is 1. The van der Waals surface area contributed by atoms with Gasteiger partial charge < -0.3 is 19.8 Å². The summed E-state index contributed by atoms with van der Waals surface area (Å²) in [7, 11) is 3.09. The van der Waals surface area contributed by atoms with Crippen LogP contribution in [-0.4, -0.2) is 25.1 Å². The number of amides is 1. The third-order valence-corrected chi connectivity index (χ3v) is 4.37. The maximum absolute atomic E-state index is 12.3. The number of nitrogens with one attached hydrogen (secondary N) is 2. The molecule has 1 heterocycles. The first-order valence-corrected chi connectivity index (χ1v) is 8.64. The second-order valence-corrected chi connectivity index (χ2v) is 6.33. The second kappa shape index (κ2) is 7.95. The Morgan fingerprint density at radius 2 is 1.81 bits per heavy atom. The zero-order valence-electron chi connectivity index (χ0n) is 15.6. The number of rotatable bonds is 6. The van der Waals surface area contributed by atoms with Gasteiger partial charge in [0.1, 0.15) is 0 Å². The monoisotopic (exact) mass is 366 g/mol. The van der Waals surface area contributed by atoms with Gasteiger partial charge in [-0.15, -0.1) is 0 Å². The summed E-state index contributed by atoms with van der Waals surface area (Å²) in [5, 5.41) is 3.78. The molecule has 27 heavy (non-hydrogen) atoms. The topological polar surface area (TPSA) is 80.4 Å². The Morgan fingerprint density at radius 1 is 1.04 bits per heavy atom. The van der Waals surface area contributed by atoms with E-state index in [4.69, 9.17) is 9.47 Å². The number of methoxy groups -OCH3 is 2. The molecule has 2 aromatic carbocycles. The Kier molecular flexibility index (Phi) is 5.45. The number of aromatic amines is 1. The van der Waals surface area contributed by atoms with Crippen LogP contribution in [0.25, 0.3) is 10.9 Å². The predicted octanol–water partition coefficient (Wildman–Crippen LogP) is 3.43. The number of carbonyl (C=O) groups is 1. The Balaban J connectivity index is 1.70. The fourth-order valence-electron chi connectivity index (χ4n) is 2.94. The van der Waals surface area contributed by atoms with Gasteiger partial charge >= 0.3 is 0 Å². The highest BCUT2D eigenvalue weighted by Gasteiger charge is 2.10. The number of benzene rings is 2. The van der Waals surface area contributed by atoms with Crippen molar-refractivity contribution in [2.75, 3.05) is 19.5 Å². The van der Waals surface area contributed by atoms with Crippen LogP contribution in [0.15, 0.2) is 47.3 Å². The Morgan fingerprint density at radius 3 is 2.56 bits per heavy atom. The molecule has 0 fully saturated rings. The molecule has 0 saturated carbocycles. The highest BCUT2D eigenvalue weighted by atomic mass is 16.5. The largest absolute Gasteiger partial charge is 0.493 e. The molecule has 6 heteroatoms. The summed E-state index contributed by atoms with van der Waals surface area (Å²) in [6.45, 7) is 2.00. The van der Waals surface area contributed by atoms with Crippen molar-refractivity contribution in [3.8, 4) is 11.5 Å². The van der Waals surface area contributed by atoms with E-state index in [9.17, 15) is 9.59 Å². The first kappa shape index (κ1) is 18.5. The molecule has 1 aromatic heterocycles. The third kappa shape index (κ3) is 4.28. The summed E-state index contributed by atoms with van der Waals surface area (Å²) in [6, 6.07) is 12.9. The molecular weight excluding hydrogens is 344 g/mol. The summed E-state index contributed by atoms with van der Waals surface area (Å²) in [5.41, 5.74) is 2.96. The van der Waals surface area contributed by atoms with Crippen LogP contribution in [0.3, 0.4) is 0 Å². The van der Waals surface area contributed by atoms with Gasteiger partial charge in [-0.1, -0.05) is 11.6 Å². The highest BCUT2D eigenvalue weighted by molar-refractivity contribution is 5.91. The molecule has 0 radical (unpaired) electrons. The standard InChI is InChI=1S/C21H22N2O4/c1-13-4-7-17-15(10-13)11-14(21(25)23-17)5-9-20(24)22-16-6-8-18(26-2)19(12-16)27-3/h4,6-8,10-12H,5,9H2,1-3H3,(H,22,24)(H,23,25). The molecule has 1 amide bonds. The number of aromatic nitrogens is 1. The molecule has 0 unspecified atom stereocenters. The van der Waals surface area contributed by atoms with Crippen LogP contribution in [-0.2, 0) is 11.2 Å². The number of anilines is 1. The quantitative estimate of drug-likeness (QED) is 0.700. The molecule has 0 atom stereocenters. The lowest BCUT2D eigenvalue weighted by Crippen LogP contribution is -2.17. The maximum atomic E-state index is 12.3. The molecule has 3 rings (SSSR count). The minimum atomic E-state index is -0.175. The van der Waals surface area contributed by atoms with E-state index >= 15 is 0 Å². The number of hydrogen-bond donors (Lipinski definition) is 2. The van der Waals surface area contributed by atoms with E-state index in [0.717, 1.165) is 16.5 Å². The molecule has 0 aliphatic carbocycles. The average molecular weight is 366 g/mol. The van der Waals surface area contributed by atoms with Gasteiger partial charge in [0.15, 0.2) is 11.5 Å². The lowest BCUT2D eigenvalue weighted by molar-refractivity contribution is -0.116. The van der Waals surface area contributed by atoms with E-state index < -0.39 is 0 Å². The van der Waals surface area contributed by atoms with Crippen LogP contribution < -0.4 is 20.3 Å². The molecule has 140 valence electrons. The number of ether oxygens (including phenoxy) is 2. The Bertz CT molecular complexity index is 1040. The number of aryl methyl sites for hydroxylation is 2. The molecule has 0 aliphatic rings. The number of carbonyl (C=O) groups excluding carboxylic acids is 1. The van der Waals surface area contributed by atoms with Crippen molar-refractivity contribution in [3.05, 3.63) is 63.9 Å². The molecule has 0 saturated heterocycles. The SMILES string of the molecule is COc1ccc(NC(=O)CCc2cc3cc(C)ccc3[nH]c2=O)cc1OC. The van der Waals surface area contributed by atoms with Crippen molar-refractivity contribution >= 4 is 22.5 Å². The van der Waals surface area contributed by atoms with Gasteiger partial charge in [0, 0.05) is 29.3 Å². The minimum Gasteiger partial charge on any atom is -0.493 e. The normalized spacial score (nSPS) is 10.6. The fourth-order valence-corrected chi connectivity index (χ4v) is 2.94. The van der Waals surface area contributed by atoms with E-state index in [2.05, 4.69) is 10.3 Å². The fraction of sp³-hybridized carbons (Fsp3) is 0.238. The number of fused-ring (bicyclic) bond motifs is 1. The van der Waals surface area contributed by atoms with Crippen molar-refractivity contribution in [3.63, 3.8) is 0 Å². The second-order valence-electron chi connectivity index (χ2n) is 6.33. The van der Waals surface area contributed by atoms with Gasteiger partial charge in [0.25, 0.3) is 5.56 Å². The van der Waals surface area contributed by atoms with Crippen molar-refractivity contribution < 1.29 is 14.3 Å². The van der Waals surface area contributed by atoms with E-state index in [1.54, 1.807) is 25.3 Å². The molecule has 0 spiro atoms. The van der Waals surface area contributed by atoms with E-state index in [1.807, 2.05) is 31.2 Å². The van der Waals surface area contributed by atoms with E-state index in [1.165, 1.54) is 7.11 Å². The smallest absolute Gasteiger partial charge is 0.251 e. The van der Waals surface area contributed by atoms with Crippen molar-refractivity contribution in [2.45, 2.75) is 19.8 Å². The molecule has 2 N–H and O–H groups in total. The Hall–Kier alpha value is -3.28. The van der Waals surface area contributed by atoms with Gasteiger partial charge in [-0.3, -0.25) is 9.59 Å². The van der Waals surface area contributed by atoms with Gasteiger partial charge in [0.2, 0.25) is 5.91 Å². The van der Waals surface area contributed by atoms with Gasteiger partial charge in [0.05, 0.1) is 14.2 Å². The van der Waals surface area contributed by atoms with Gasteiger partial charge in [-0.05, 0) is 49.1 Å². The first-order valence-electron chi connectivity index (χ1n) is 8.64. The summed E-state index contributed by atoms with van der Waals surface area (Å²) < 4.78 is 10.4.